The highest BCUT2D eigenvalue weighted by Crippen LogP contribution is 2.38. The first-order valence-electron chi connectivity index (χ1n) is 10.7. The van der Waals surface area contributed by atoms with Crippen molar-refractivity contribution < 1.29 is 14.3 Å². The molecule has 0 radical (unpaired) electrons. The summed E-state index contributed by atoms with van der Waals surface area (Å²) in [6, 6.07) is 20.4. The predicted molar refractivity (Wildman–Crippen MR) is 133 cm³/mol. The summed E-state index contributed by atoms with van der Waals surface area (Å²) in [4.78, 5) is 30.5. The molecule has 0 aromatic heterocycles. The summed E-state index contributed by atoms with van der Waals surface area (Å²) >= 11 is 0. The Kier molecular flexibility index (Phi) is 5.92. The third-order valence-corrected chi connectivity index (χ3v) is 5.84. The van der Waals surface area contributed by atoms with Crippen LogP contribution >= 0.6 is 0 Å². The Hall–Kier alpha value is -4.06. The lowest BCUT2D eigenvalue weighted by Crippen LogP contribution is -2.32. The Balaban J connectivity index is 1.86. The lowest BCUT2D eigenvalue weighted by molar-refractivity contribution is -0.120. The maximum atomic E-state index is 13.7. The first-order valence-corrected chi connectivity index (χ1v) is 10.7. The van der Waals surface area contributed by atoms with E-state index in [1.807, 2.05) is 81.4 Å². The van der Waals surface area contributed by atoms with Crippen LogP contribution in [0.1, 0.15) is 16.7 Å². The summed E-state index contributed by atoms with van der Waals surface area (Å²) in [5.74, 6) is -0.279. The van der Waals surface area contributed by atoms with Crippen molar-refractivity contribution in [3.8, 4) is 5.75 Å². The van der Waals surface area contributed by atoms with Crippen LogP contribution in [0.15, 0.2) is 72.4 Å². The Morgan fingerprint density at radius 1 is 0.848 bits per heavy atom. The van der Waals surface area contributed by atoms with Crippen molar-refractivity contribution in [2.45, 2.75) is 13.8 Å². The number of nitrogens with one attached hydrogen (secondary N) is 1. The fourth-order valence-electron chi connectivity index (χ4n) is 3.86. The zero-order valence-corrected chi connectivity index (χ0v) is 19.5. The van der Waals surface area contributed by atoms with Gasteiger partial charge in [-0.25, -0.2) is 4.90 Å². The number of imide groups is 1. The molecule has 1 heterocycles. The number of methoxy groups -OCH3 is 1. The molecule has 6 heteroatoms. The highest BCUT2D eigenvalue weighted by molar-refractivity contribution is 6.46. The molecule has 3 aromatic carbocycles. The van der Waals surface area contributed by atoms with Crippen LogP contribution in [0.25, 0.3) is 5.57 Å². The van der Waals surface area contributed by atoms with E-state index in [1.54, 1.807) is 25.3 Å². The van der Waals surface area contributed by atoms with Gasteiger partial charge in [0.15, 0.2) is 0 Å². The third kappa shape index (κ3) is 4.07. The molecule has 33 heavy (non-hydrogen) atoms. The molecule has 1 N–H and O–H groups in total. The highest BCUT2D eigenvalue weighted by Gasteiger charge is 2.41. The molecule has 1 aliphatic heterocycles. The van der Waals surface area contributed by atoms with Crippen LogP contribution in [0.4, 0.5) is 17.1 Å². The quantitative estimate of drug-likeness (QED) is 0.558. The predicted octanol–water partition coefficient (Wildman–Crippen LogP) is 4.77. The van der Waals surface area contributed by atoms with Crippen molar-refractivity contribution in [3.63, 3.8) is 0 Å². The van der Waals surface area contributed by atoms with Crippen molar-refractivity contribution in [2.24, 2.45) is 0 Å². The van der Waals surface area contributed by atoms with Gasteiger partial charge in [0.1, 0.15) is 11.4 Å². The van der Waals surface area contributed by atoms with Crippen LogP contribution in [-0.2, 0) is 9.59 Å². The molecule has 4 rings (SSSR count). The van der Waals surface area contributed by atoms with Crippen LogP contribution in [-0.4, -0.2) is 33.0 Å². The average molecular weight is 442 g/mol. The minimum atomic E-state index is -0.407. The lowest BCUT2D eigenvalue weighted by atomic mass is 10.0. The summed E-state index contributed by atoms with van der Waals surface area (Å²) in [7, 11) is 5.38. The number of hydrogen-bond acceptors (Lipinski definition) is 5. The van der Waals surface area contributed by atoms with Gasteiger partial charge in [-0.15, -0.1) is 0 Å². The van der Waals surface area contributed by atoms with Crippen molar-refractivity contribution in [3.05, 3.63) is 89.1 Å². The molecule has 2 amide bonds. The average Bonchev–Trinajstić information content (AvgIpc) is 3.05. The second-order valence-electron chi connectivity index (χ2n) is 8.23. The second kappa shape index (κ2) is 8.82. The monoisotopic (exact) mass is 441 g/mol. The van der Waals surface area contributed by atoms with Crippen molar-refractivity contribution >= 4 is 34.4 Å². The number of carbonyl (C=O) groups is 2. The van der Waals surface area contributed by atoms with Gasteiger partial charge < -0.3 is 15.0 Å². The second-order valence-corrected chi connectivity index (χ2v) is 8.23. The number of benzene rings is 3. The van der Waals surface area contributed by atoms with E-state index in [-0.39, 0.29) is 11.3 Å². The van der Waals surface area contributed by atoms with Gasteiger partial charge in [0, 0.05) is 31.0 Å². The molecular weight excluding hydrogens is 414 g/mol. The van der Waals surface area contributed by atoms with E-state index in [1.165, 1.54) is 4.90 Å². The Morgan fingerprint density at radius 2 is 1.61 bits per heavy atom. The molecule has 0 atom stereocenters. The summed E-state index contributed by atoms with van der Waals surface area (Å²) in [5, 5.41) is 3.23. The van der Waals surface area contributed by atoms with E-state index in [2.05, 4.69) is 5.32 Å². The summed E-state index contributed by atoms with van der Waals surface area (Å²) < 4.78 is 5.52. The fraction of sp³-hybridized carbons (Fsp3) is 0.185. The van der Waals surface area contributed by atoms with Gasteiger partial charge >= 0.3 is 0 Å². The number of ether oxygens (including phenoxy) is 1. The number of rotatable bonds is 6. The van der Waals surface area contributed by atoms with Crippen LogP contribution < -0.4 is 19.9 Å². The highest BCUT2D eigenvalue weighted by atomic mass is 16.5. The van der Waals surface area contributed by atoms with Gasteiger partial charge in [-0.05, 0) is 61.4 Å². The maximum absolute atomic E-state index is 13.7. The van der Waals surface area contributed by atoms with Gasteiger partial charge in [0.05, 0.1) is 18.4 Å². The van der Waals surface area contributed by atoms with Crippen molar-refractivity contribution in [1.82, 2.24) is 0 Å². The normalized spacial score (nSPS) is 13.5. The zero-order chi connectivity index (χ0) is 23.7. The van der Waals surface area contributed by atoms with Crippen LogP contribution in [0.5, 0.6) is 5.75 Å². The molecule has 0 aliphatic carbocycles. The molecule has 1 aliphatic rings. The SMILES string of the molecule is COc1ccccc1C1=C(Nc2ccc(C)c(C)c2)C(=O)N(c2cccc(N(C)C)c2)C1=O. The van der Waals surface area contributed by atoms with Crippen LogP contribution in [0.2, 0.25) is 0 Å². The third-order valence-electron chi connectivity index (χ3n) is 5.84. The number of amides is 2. The number of aryl methyl sites for hydroxylation is 2. The maximum Gasteiger partial charge on any atom is 0.282 e. The molecule has 3 aromatic rings. The molecule has 0 saturated heterocycles. The van der Waals surface area contributed by atoms with E-state index in [9.17, 15) is 9.59 Å². The number of nitrogens with zero attached hydrogens (tertiary/aromatic N) is 2. The molecule has 0 bridgehead atoms. The molecular formula is C27H27N3O3. The van der Waals surface area contributed by atoms with Gasteiger partial charge in [-0.1, -0.05) is 30.3 Å². The Bertz CT molecular complexity index is 1280. The van der Waals surface area contributed by atoms with E-state index in [4.69, 9.17) is 4.74 Å². The standard InChI is InChI=1S/C27H27N3O3/c1-17-13-14-19(15-18(17)2)28-25-24(22-11-6-7-12-23(22)33-5)26(31)30(27(25)32)21-10-8-9-20(16-21)29(3)4/h6-16,28H,1-5H3. The van der Waals surface area contributed by atoms with Crippen LogP contribution in [0.3, 0.4) is 0 Å². The largest absolute Gasteiger partial charge is 0.496 e. The first-order chi connectivity index (χ1) is 15.8. The lowest BCUT2D eigenvalue weighted by Gasteiger charge is -2.19. The topological polar surface area (TPSA) is 61.9 Å². The molecule has 168 valence electrons. The minimum absolute atomic E-state index is 0.225. The number of anilines is 3. The van der Waals surface area contributed by atoms with Crippen molar-refractivity contribution in [1.29, 1.82) is 0 Å². The fourth-order valence-corrected chi connectivity index (χ4v) is 3.86. The summed E-state index contributed by atoms with van der Waals surface area (Å²) in [5.41, 5.74) is 5.46. The summed E-state index contributed by atoms with van der Waals surface area (Å²) in [6.45, 7) is 4.04. The number of para-hydroxylation sites is 1. The van der Waals surface area contributed by atoms with Gasteiger partial charge in [-0.3, -0.25) is 9.59 Å². The van der Waals surface area contributed by atoms with E-state index < -0.39 is 11.8 Å². The van der Waals surface area contributed by atoms with E-state index in [0.29, 0.717) is 17.0 Å². The number of hydrogen-bond donors (Lipinski definition) is 1. The molecule has 0 saturated carbocycles. The first kappa shape index (κ1) is 22.1. The Labute approximate surface area is 194 Å². The molecule has 0 unspecified atom stereocenters. The van der Waals surface area contributed by atoms with E-state index in [0.717, 1.165) is 22.5 Å². The summed E-state index contributed by atoms with van der Waals surface area (Å²) in [6.07, 6.45) is 0. The Morgan fingerprint density at radius 3 is 2.30 bits per heavy atom. The minimum Gasteiger partial charge on any atom is -0.496 e. The van der Waals surface area contributed by atoms with E-state index >= 15 is 0 Å². The zero-order valence-electron chi connectivity index (χ0n) is 19.5. The smallest absolute Gasteiger partial charge is 0.282 e. The number of carbonyl (C=O) groups excluding carboxylic acids is 2. The molecule has 6 nitrogen and oxygen atoms in total. The molecule has 0 fully saturated rings. The molecule has 0 spiro atoms. The van der Waals surface area contributed by atoms with Crippen LogP contribution in [0, 0.1) is 13.8 Å². The van der Waals surface area contributed by atoms with Gasteiger partial charge in [0.25, 0.3) is 11.8 Å². The van der Waals surface area contributed by atoms with Gasteiger partial charge in [0.2, 0.25) is 0 Å². The van der Waals surface area contributed by atoms with Gasteiger partial charge in [-0.2, -0.15) is 0 Å². The van der Waals surface area contributed by atoms with Crippen molar-refractivity contribution in [2.75, 3.05) is 36.3 Å².